The number of amides is 2. The molecule has 1 N–H and O–H groups in total. The summed E-state index contributed by atoms with van der Waals surface area (Å²) in [7, 11) is -1.53. The first-order chi connectivity index (χ1) is 22.9. The smallest absolute Gasteiger partial charge is 0.264 e. The van der Waals surface area contributed by atoms with E-state index in [1.807, 2.05) is 44.2 Å². The maximum atomic E-state index is 14.6. The predicted molar refractivity (Wildman–Crippen MR) is 189 cm³/mol. The van der Waals surface area contributed by atoms with Crippen LogP contribution in [0.25, 0.3) is 0 Å². The number of halogens is 2. The van der Waals surface area contributed by atoms with E-state index in [0.29, 0.717) is 27.9 Å². The Bertz CT molecular complexity index is 1800. The highest BCUT2D eigenvalue weighted by atomic mass is 35.5. The lowest BCUT2D eigenvalue weighted by molar-refractivity contribution is -0.140. The van der Waals surface area contributed by atoms with Crippen LogP contribution in [0.15, 0.2) is 102 Å². The maximum Gasteiger partial charge on any atom is 0.264 e. The summed E-state index contributed by atoms with van der Waals surface area (Å²) in [6.45, 7) is 3.66. The summed E-state index contributed by atoms with van der Waals surface area (Å²) in [4.78, 5) is 29.8. The Morgan fingerprint density at radius 2 is 1.48 bits per heavy atom. The third-order valence-corrected chi connectivity index (χ3v) is 9.98. The molecule has 0 aliphatic heterocycles. The van der Waals surface area contributed by atoms with Crippen LogP contribution in [0.1, 0.15) is 25.0 Å². The van der Waals surface area contributed by atoms with Crippen LogP contribution in [0.5, 0.6) is 11.5 Å². The van der Waals surface area contributed by atoms with E-state index in [9.17, 15) is 18.0 Å². The standard InChI is InChI=1S/C36H39Cl2N3O6S/c1-25(2)22-39-36(43)32(20-26-10-6-5-7-11-26)40(23-27-12-8-9-13-31(27)38)35(42)24-41(29-16-14-28(37)15-17-29)48(44,45)30-18-19-33(46-3)34(21-30)47-4/h5-19,21,25,32H,20,22-24H2,1-4H3,(H,39,43)/t32-/m0/s1. The van der Waals surface area contributed by atoms with E-state index in [2.05, 4.69) is 5.32 Å². The van der Waals surface area contributed by atoms with Gasteiger partial charge in [0.1, 0.15) is 12.6 Å². The van der Waals surface area contributed by atoms with E-state index in [1.165, 1.54) is 61.6 Å². The molecule has 0 heterocycles. The van der Waals surface area contributed by atoms with Gasteiger partial charge in [0.05, 0.1) is 24.8 Å². The molecule has 0 aliphatic carbocycles. The van der Waals surface area contributed by atoms with Crippen molar-refractivity contribution in [1.82, 2.24) is 10.2 Å². The monoisotopic (exact) mass is 711 g/mol. The summed E-state index contributed by atoms with van der Waals surface area (Å²) < 4.78 is 40.4. The second-order valence-electron chi connectivity index (χ2n) is 11.5. The van der Waals surface area contributed by atoms with E-state index < -0.39 is 28.5 Å². The van der Waals surface area contributed by atoms with Crippen molar-refractivity contribution < 1.29 is 27.5 Å². The molecule has 0 spiro atoms. The number of hydrogen-bond donors (Lipinski definition) is 1. The summed E-state index contributed by atoms with van der Waals surface area (Å²) in [5.74, 6) is -0.284. The second kappa shape index (κ2) is 16.7. The first kappa shape index (κ1) is 36.6. The number of hydrogen-bond acceptors (Lipinski definition) is 6. The van der Waals surface area contributed by atoms with Crippen LogP contribution in [0.3, 0.4) is 0 Å². The lowest BCUT2D eigenvalue weighted by atomic mass is 10.0. The summed E-state index contributed by atoms with van der Waals surface area (Å²) >= 11 is 12.7. The minimum Gasteiger partial charge on any atom is -0.493 e. The molecular weight excluding hydrogens is 673 g/mol. The largest absolute Gasteiger partial charge is 0.493 e. The molecule has 0 radical (unpaired) electrons. The van der Waals surface area contributed by atoms with E-state index in [0.717, 1.165) is 9.87 Å². The number of sulfonamides is 1. The van der Waals surface area contributed by atoms with Gasteiger partial charge in [-0.05, 0) is 59.5 Å². The number of benzene rings is 4. The molecule has 12 heteroatoms. The van der Waals surface area contributed by atoms with E-state index in [-0.39, 0.29) is 41.1 Å². The van der Waals surface area contributed by atoms with E-state index >= 15 is 0 Å². The fourth-order valence-corrected chi connectivity index (χ4v) is 6.78. The van der Waals surface area contributed by atoms with Crippen LogP contribution in [0.2, 0.25) is 10.0 Å². The van der Waals surface area contributed by atoms with Gasteiger partial charge in [0.2, 0.25) is 11.8 Å². The number of ether oxygens (including phenoxy) is 2. The molecule has 254 valence electrons. The Morgan fingerprint density at radius 1 is 0.833 bits per heavy atom. The van der Waals surface area contributed by atoms with Crippen LogP contribution >= 0.6 is 23.2 Å². The van der Waals surface area contributed by atoms with Crippen molar-refractivity contribution >= 4 is 50.7 Å². The zero-order valence-corrected chi connectivity index (χ0v) is 29.6. The topological polar surface area (TPSA) is 105 Å². The normalized spacial score (nSPS) is 11.9. The van der Waals surface area contributed by atoms with Crippen molar-refractivity contribution in [2.45, 2.75) is 37.8 Å². The number of nitrogens with zero attached hydrogens (tertiary/aromatic N) is 2. The molecule has 0 aliphatic rings. The minimum absolute atomic E-state index is 0.0457. The van der Waals surface area contributed by atoms with Gasteiger partial charge in [0.25, 0.3) is 10.0 Å². The predicted octanol–water partition coefficient (Wildman–Crippen LogP) is 6.62. The van der Waals surface area contributed by atoms with Crippen molar-refractivity contribution in [2.24, 2.45) is 5.92 Å². The van der Waals surface area contributed by atoms with Gasteiger partial charge in [0, 0.05) is 35.6 Å². The maximum absolute atomic E-state index is 14.6. The number of methoxy groups -OCH3 is 2. The van der Waals surface area contributed by atoms with Crippen LogP contribution in [0.4, 0.5) is 5.69 Å². The molecule has 0 saturated heterocycles. The summed E-state index contributed by atoms with van der Waals surface area (Å²) in [5.41, 5.74) is 1.62. The Kier molecular flexibility index (Phi) is 12.7. The van der Waals surface area contributed by atoms with Crippen molar-refractivity contribution in [1.29, 1.82) is 0 Å². The van der Waals surface area contributed by atoms with Crippen molar-refractivity contribution in [3.05, 3.63) is 118 Å². The zero-order chi connectivity index (χ0) is 34.8. The highest BCUT2D eigenvalue weighted by molar-refractivity contribution is 7.92. The van der Waals surface area contributed by atoms with Crippen LogP contribution in [-0.4, -0.2) is 58.5 Å². The molecular formula is C36H39Cl2N3O6S. The molecule has 1 atom stereocenters. The number of rotatable bonds is 15. The summed E-state index contributed by atoms with van der Waals surface area (Å²) in [6, 6.07) is 25.7. The number of carbonyl (C=O) groups excluding carboxylic acids is 2. The van der Waals surface area contributed by atoms with Crippen molar-refractivity contribution in [2.75, 3.05) is 31.6 Å². The third kappa shape index (κ3) is 9.21. The first-order valence-electron chi connectivity index (χ1n) is 15.3. The molecule has 9 nitrogen and oxygen atoms in total. The Labute approximate surface area is 292 Å². The van der Waals surface area contributed by atoms with Crippen molar-refractivity contribution in [3.63, 3.8) is 0 Å². The first-order valence-corrected chi connectivity index (χ1v) is 17.5. The van der Waals surface area contributed by atoms with Gasteiger partial charge in [0.15, 0.2) is 11.5 Å². The van der Waals surface area contributed by atoms with E-state index in [4.69, 9.17) is 32.7 Å². The summed E-state index contributed by atoms with van der Waals surface area (Å²) in [5, 5.41) is 3.76. The fraction of sp³-hybridized carbons (Fsp3) is 0.278. The molecule has 0 saturated carbocycles. The van der Waals surface area contributed by atoms with Gasteiger partial charge < -0.3 is 19.7 Å². The summed E-state index contributed by atoms with van der Waals surface area (Å²) in [6.07, 6.45) is 0.185. The van der Waals surface area contributed by atoms with Gasteiger partial charge in [-0.1, -0.05) is 85.6 Å². The Balaban J connectivity index is 1.83. The van der Waals surface area contributed by atoms with Gasteiger partial charge in [-0.3, -0.25) is 13.9 Å². The average molecular weight is 713 g/mol. The molecule has 48 heavy (non-hydrogen) atoms. The highest BCUT2D eigenvalue weighted by Gasteiger charge is 2.35. The number of carbonyl (C=O) groups is 2. The van der Waals surface area contributed by atoms with Gasteiger partial charge in [-0.2, -0.15) is 0 Å². The van der Waals surface area contributed by atoms with Crippen LogP contribution < -0.4 is 19.1 Å². The molecule has 0 unspecified atom stereocenters. The average Bonchev–Trinajstić information content (AvgIpc) is 3.08. The number of nitrogens with one attached hydrogen (secondary N) is 1. The second-order valence-corrected chi connectivity index (χ2v) is 14.2. The number of anilines is 1. The Hall–Kier alpha value is -4.25. The van der Waals surface area contributed by atoms with Crippen molar-refractivity contribution in [3.8, 4) is 11.5 Å². The minimum atomic E-state index is -4.38. The van der Waals surface area contributed by atoms with E-state index in [1.54, 1.807) is 24.3 Å². The van der Waals surface area contributed by atoms with Crippen LogP contribution in [-0.2, 0) is 32.6 Å². The molecule has 0 aromatic heterocycles. The SMILES string of the molecule is COc1ccc(S(=O)(=O)N(CC(=O)N(Cc2ccccc2Cl)[C@@H](Cc2ccccc2)C(=O)NCC(C)C)c2ccc(Cl)cc2)cc1OC. The Morgan fingerprint density at radius 3 is 2.10 bits per heavy atom. The molecule has 4 aromatic carbocycles. The molecule has 4 aromatic rings. The van der Waals surface area contributed by atoms with Crippen LogP contribution in [0, 0.1) is 5.92 Å². The van der Waals surface area contributed by atoms with Gasteiger partial charge >= 0.3 is 0 Å². The fourth-order valence-electron chi connectivity index (χ4n) is 5.03. The third-order valence-electron chi connectivity index (χ3n) is 7.59. The molecule has 4 rings (SSSR count). The van der Waals surface area contributed by atoms with Gasteiger partial charge in [-0.25, -0.2) is 8.42 Å². The quantitative estimate of drug-likeness (QED) is 0.149. The lowest BCUT2D eigenvalue weighted by Gasteiger charge is -2.34. The molecule has 0 fully saturated rings. The lowest BCUT2D eigenvalue weighted by Crippen LogP contribution is -2.53. The van der Waals surface area contributed by atoms with Gasteiger partial charge in [-0.15, -0.1) is 0 Å². The molecule has 0 bridgehead atoms. The highest BCUT2D eigenvalue weighted by Crippen LogP contribution is 2.33. The molecule has 2 amide bonds. The zero-order valence-electron chi connectivity index (χ0n) is 27.2.